The van der Waals surface area contributed by atoms with Crippen molar-refractivity contribution >= 4 is 6.08 Å². The average Bonchev–Trinajstić information content (AvgIpc) is 3.41. The molecule has 0 fully saturated rings. The van der Waals surface area contributed by atoms with Crippen molar-refractivity contribution in [1.29, 1.82) is 0 Å². The van der Waals surface area contributed by atoms with Crippen LogP contribution in [0, 0.1) is 37.5 Å². The van der Waals surface area contributed by atoms with Crippen molar-refractivity contribution in [2.75, 3.05) is 0 Å². The first-order valence-corrected chi connectivity index (χ1v) is 18.0. The Morgan fingerprint density at radius 1 is 0.609 bits per heavy atom. The summed E-state index contributed by atoms with van der Waals surface area (Å²) < 4.78 is 0. The fraction of sp³-hybridized carbons (Fsp3) is 0.391. The van der Waals surface area contributed by atoms with E-state index in [0.717, 1.165) is 37.7 Å². The van der Waals surface area contributed by atoms with Gasteiger partial charge >= 0.3 is 0 Å². The zero-order valence-electron chi connectivity index (χ0n) is 28.6. The third-order valence-electron chi connectivity index (χ3n) is 9.27. The molecule has 0 bridgehead atoms. The third-order valence-corrected chi connectivity index (χ3v) is 9.27. The van der Waals surface area contributed by atoms with E-state index in [-0.39, 0.29) is 0 Å². The predicted molar refractivity (Wildman–Crippen MR) is 200 cm³/mol. The van der Waals surface area contributed by atoms with E-state index in [1.807, 2.05) is 0 Å². The van der Waals surface area contributed by atoms with Crippen LogP contribution in [0.3, 0.4) is 0 Å². The van der Waals surface area contributed by atoms with Crippen molar-refractivity contribution in [3.63, 3.8) is 0 Å². The lowest BCUT2D eigenvalue weighted by molar-refractivity contribution is 0.556. The highest BCUT2D eigenvalue weighted by atomic mass is 14.2. The SMILES string of the molecule is CCCCCCCCCCCCC1=C/C(=C\c2ccc3c(c2)-c2ccc(C)cc2C3)CC(C#CCCC#Cc2ccc(C)cc2)=C1. The van der Waals surface area contributed by atoms with E-state index in [4.69, 9.17) is 0 Å². The fourth-order valence-corrected chi connectivity index (χ4v) is 6.70. The van der Waals surface area contributed by atoms with Crippen LogP contribution in [0.1, 0.15) is 130 Å². The normalized spacial score (nSPS) is 14.0. The minimum Gasteiger partial charge on any atom is -0.0972 e. The molecule has 2 aliphatic rings. The molecule has 3 aromatic carbocycles. The van der Waals surface area contributed by atoms with Crippen molar-refractivity contribution in [2.24, 2.45) is 0 Å². The first kappa shape index (κ1) is 33.4. The van der Waals surface area contributed by atoms with Gasteiger partial charge in [0.2, 0.25) is 0 Å². The van der Waals surface area contributed by atoms with Crippen LogP contribution in [0.4, 0.5) is 0 Å². The van der Waals surface area contributed by atoms with E-state index in [1.165, 1.54) is 120 Å². The molecule has 0 amide bonds. The molecule has 0 unspecified atom stereocenters. The molecule has 0 atom stereocenters. The molecule has 0 radical (unpaired) electrons. The summed E-state index contributed by atoms with van der Waals surface area (Å²) in [6.07, 6.45) is 25.6. The number of rotatable bonds is 13. The van der Waals surface area contributed by atoms with Gasteiger partial charge in [-0.1, -0.05) is 154 Å². The molecule has 2 aliphatic carbocycles. The number of allylic oxidation sites excluding steroid dienone is 5. The van der Waals surface area contributed by atoms with Gasteiger partial charge in [-0.2, -0.15) is 0 Å². The summed E-state index contributed by atoms with van der Waals surface area (Å²) in [6.45, 7) is 6.59. The second-order valence-corrected chi connectivity index (χ2v) is 13.4. The molecule has 0 nitrogen and oxygen atoms in total. The van der Waals surface area contributed by atoms with Gasteiger partial charge in [-0.3, -0.25) is 0 Å². The van der Waals surface area contributed by atoms with Gasteiger partial charge in [0.1, 0.15) is 0 Å². The van der Waals surface area contributed by atoms with Crippen LogP contribution in [0.2, 0.25) is 0 Å². The second kappa shape index (κ2) is 17.6. The number of unbranched alkanes of at least 4 members (excludes halogenated alkanes) is 10. The summed E-state index contributed by atoms with van der Waals surface area (Å²) in [5.74, 6) is 13.6. The zero-order chi connectivity index (χ0) is 32.0. The molecule has 0 aromatic heterocycles. The lowest BCUT2D eigenvalue weighted by atomic mass is 9.90. The van der Waals surface area contributed by atoms with E-state index in [1.54, 1.807) is 0 Å². The van der Waals surface area contributed by atoms with Crippen LogP contribution in [0.15, 0.2) is 89.5 Å². The first-order chi connectivity index (χ1) is 22.6. The van der Waals surface area contributed by atoms with Crippen molar-refractivity contribution in [3.05, 3.63) is 123 Å². The van der Waals surface area contributed by atoms with E-state index < -0.39 is 0 Å². The topological polar surface area (TPSA) is 0 Å². The smallest absolute Gasteiger partial charge is 0.0245 e. The quantitative estimate of drug-likeness (QED) is 0.105. The largest absolute Gasteiger partial charge is 0.0972 e. The Balaban J connectivity index is 1.22. The standard InChI is InChI=1S/C46H52/c1-4-5-6-7-8-9-10-11-12-16-19-39-30-40(20-17-14-13-15-18-38-24-21-36(2)22-25-38)32-42(31-39)33-41-26-27-43-35-44-29-37(3)23-28-45(44)46(43)34-41/h21-31,33-34H,4-14,16,19,32,35H2,1-3H3/b42-33+. The van der Waals surface area contributed by atoms with Crippen LogP contribution in [-0.4, -0.2) is 0 Å². The minimum atomic E-state index is 0.800. The highest BCUT2D eigenvalue weighted by Gasteiger charge is 2.18. The van der Waals surface area contributed by atoms with Gasteiger partial charge in [0.15, 0.2) is 0 Å². The van der Waals surface area contributed by atoms with Gasteiger partial charge in [-0.25, -0.2) is 0 Å². The van der Waals surface area contributed by atoms with E-state index in [9.17, 15) is 0 Å². The Kier molecular flexibility index (Phi) is 12.8. The van der Waals surface area contributed by atoms with Crippen molar-refractivity contribution in [3.8, 4) is 34.8 Å². The van der Waals surface area contributed by atoms with Gasteiger partial charge in [0.25, 0.3) is 0 Å². The average molecular weight is 605 g/mol. The van der Waals surface area contributed by atoms with Gasteiger partial charge in [0, 0.05) is 30.4 Å². The number of aryl methyl sites for hydroxylation is 2. The maximum absolute atomic E-state index is 3.53. The zero-order valence-corrected chi connectivity index (χ0v) is 28.6. The molecule has 0 heteroatoms. The number of benzene rings is 3. The predicted octanol–water partition coefficient (Wildman–Crippen LogP) is 12.7. The van der Waals surface area contributed by atoms with Gasteiger partial charge in [-0.15, -0.1) is 0 Å². The van der Waals surface area contributed by atoms with E-state index >= 15 is 0 Å². The number of fused-ring (bicyclic) bond motifs is 3. The Bertz CT molecular complexity index is 1680. The lowest BCUT2D eigenvalue weighted by Crippen LogP contribution is -1.96. The lowest BCUT2D eigenvalue weighted by Gasteiger charge is -2.14. The Morgan fingerprint density at radius 3 is 2.07 bits per heavy atom. The van der Waals surface area contributed by atoms with Crippen LogP contribution in [-0.2, 0) is 6.42 Å². The number of hydrogen-bond acceptors (Lipinski definition) is 0. The minimum absolute atomic E-state index is 0.800. The molecule has 0 saturated carbocycles. The molecule has 5 rings (SSSR count). The second-order valence-electron chi connectivity index (χ2n) is 13.4. The monoisotopic (exact) mass is 604 g/mol. The molecule has 0 spiro atoms. The Labute approximate surface area is 280 Å². The summed E-state index contributed by atoms with van der Waals surface area (Å²) in [5.41, 5.74) is 14.7. The Hall–Kier alpha value is -4.00. The fourth-order valence-electron chi connectivity index (χ4n) is 6.70. The van der Waals surface area contributed by atoms with Crippen molar-refractivity contribution in [1.82, 2.24) is 0 Å². The van der Waals surface area contributed by atoms with Crippen LogP contribution in [0.5, 0.6) is 0 Å². The van der Waals surface area contributed by atoms with Crippen LogP contribution in [0.25, 0.3) is 17.2 Å². The molecular weight excluding hydrogens is 553 g/mol. The summed E-state index contributed by atoms with van der Waals surface area (Å²) in [7, 11) is 0. The number of hydrogen-bond donors (Lipinski definition) is 0. The summed E-state index contributed by atoms with van der Waals surface area (Å²) in [4.78, 5) is 0. The highest BCUT2D eigenvalue weighted by molar-refractivity contribution is 5.79. The molecule has 0 saturated heterocycles. The Morgan fingerprint density at radius 2 is 1.30 bits per heavy atom. The maximum Gasteiger partial charge on any atom is 0.0245 e. The molecular formula is C46H52. The molecule has 3 aromatic rings. The van der Waals surface area contributed by atoms with Crippen LogP contribution >= 0.6 is 0 Å². The summed E-state index contributed by atoms with van der Waals surface area (Å²) >= 11 is 0. The van der Waals surface area contributed by atoms with Gasteiger partial charge < -0.3 is 0 Å². The molecule has 236 valence electrons. The summed E-state index contributed by atoms with van der Waals surface area (Å²) in [6, 6.07) is 22.4. The third kappa shape index (κ3) is 10.3. The molecule has 0 heterocycles. The van der Waals surface area contributed by atoms with Gasteiger partial charge in [0.05, 0.1) is 0 Å². The maximum atomic E-state index is 3.53. The van der Waals surface area contributed by atoms with E-state index in [2.05, 4.69) is 123 Å². The summed E-state index contributed by atoms with van der Waals surface area (Å²) in [5, 5.41) is 0. The van der Waals surface area contributed by atoms with Crippen molar-refractivity contribution < 1.29 is 0 Å². The van der Waals surface area contributed by atoms with E-state index in [0.29, 0.717) is 0 Å². The van der Waals surface area contributed by atoms with Crippen LogP contribution < -0.4 is 0 Å². The van der Waals surface area contributed by atoms with Gasteiger partial charge in [-0.05, 0) is 96.3 Å². The highest BCUT2D eigenvalue weighted by Crippen LogP contribution is 2.38. The van der Waals surface area contributed by atoms with Crippen molar-refractivity contribution in [2.45, 2.75) is 117 Å². The molecule has 46 heavy (non-hydrogen) atoms. The molecule has 0 aliphatic heterocycles. The first-order valence-electron chi connectivity index (χ1n) is 18.0. The molecule has 0 N–H and O–H groups in total.